The number of aromatic hydroxyl groups is 1. The van der Waals surface area contributed by atoms with Crippen LogP contribution in [-0.2, 0) is 6.54 Å². The average molecular weight is 362 g/mol. The summed E-state index contributed by atoms with van der Waals surface area (Å²) in [6, 6.07) is 11.5. The van der Waals surface area contributed by atoms with Gasteiger partial charge in [-0.15, -0.1) is 0 Å². The number of fused-ring (bicyclic) bond motifs is 1. The number of rotatable bonds is 3. The average Bonchev–Trinajstić information content (AvgIpc) is 2.63. The summed E-state index contributed by atoms with van der Waals surface area (Å²) < 4.78 is 11.3. The lowest BCUT2D eigenvalue weighted by Crippen LogP contribution is -3.13. The highest BCUT2D eigenvalue weighted by Gasteiger charge is 2.22. The van der Waals surface area contributed by atoms with Crippen molar-refractivity contribution in [2.75, 3.05) is 44.3 Å². The molecule has 2 N–H and O–H groups in total. The topological polar surface area (TPSA) is 46.4 Å². The fraction of sp³-hybridized carbons (Fsp3) is 0.368. The number of nitrogens with one attached hydrogen (secondary N) is 1. The van der Waals surface area contributed by atoms with Crippen LogP contribution in [0.1, 0.15) is 5.56 Å². The smallest absolute Gasteiger partial charge is 0.179 e. The van der Waals surface area contributed by atoms with Crippen molar-refractivity contribution >= 4 is 17.3 Å². The minimum Gasteiger partial charge on any atom is -0.508 e. The highest BCUT2D eigenvalue weighted by molar-refractivity contribution is 6.32. The van der Waals surface area contributed by atoms with Gasteiger partial charge in [0.1, 0.15) is 25.5 Å². The molecule has 4 rings (SSSR count). The summed E-state index contributed by atoms with van der Waals surface area (Å²) in [5, 5.41) is 10.0. The predicted molar refractivity (Wildman–Crippen MR) is 97.2 cm³/mol. The van der Waals surface area contributed by atoms with E-state index in [2.05, 4.69) is 11.0 Å². The zero-order valence-corrected chi connectivity index (χ0v) is 14.8. The van der Waals surface area contributed by atoms with Gasteiger partial charge in [-0.3, -0.25) is 0 Å². The van der Waals surface area contributed by atoms with Crippen molar-refractivity contribution in [2.24, 2.45) is 0 Å². The zero-order valence-electron chi connectivity index (χ0n) is 14.0. The van der Waals surface area contributed by atoms with Crippen molar-refractivity contribution < 1.29 is 19.5 Å². The maximum absolute atomic E-state index is 9.42. The number of ether oxygens (including phenoxy) is 2. The first kappa shape index (κ1) is 16.4. The molecule has 0 aliphatic carbocycles. The number of nitrogens with zero attached hydrogens (tertiary/aromatic N) is 1. The van der Waals surface area contributed by atoms with Crippen LogP contribution in [0.4, 0.5) is 5.69 Å². The Morgan fingerprint density at radius 1 is 1.04 bits per heavy atom. The lowest BCUT2D eigenvalue weighted by atomic mass is 10.1. The largest absolute Gasteiger partial charge is 0.508 e. The monoisotopic (exact) mass is 361 g/mol. The number of benzene rings is 2. The first-order valence-corrected chi connectivity index (χ1v) is 9.02. The Labute approximate surface area is 152 Å². The quantitative estimate of drug-likeness (QED) is 0.874. The van der Waals surface area contributed by atoms with Crippen LogP contribution in [0, 0.1) is 0 Å². The van der Waals surface area contributed by atoms with Gasteiger partial charge in [-0.1, -0.05) is 11.6 Å². The van der Waals surface area contributed by atoms with Crippen molar-refractivity contribution in [3.05, 3.63) is 47.0 Å². The number of hydrogen-bond donors (Lipinski definition) is 2. The summed E-state index contributed by atoms with van der Waals surface area (Å²) in [6.07, 6.45) is 0. The molecule has 0 atom stereocenters. The minimum absolute atomic E-state index is 0.309. The molecule has 5 nitrogen and oxygen atoms in total. The van der Waals surface area contributed by atoms with Crippen molar-refractivity contribution in [1.29, 1.82) is 0 Å². The number of hydrogen-bond acceptors (Lipinski definition) is 4. The Hall–Kier alpha value is -2.11. The molecule has 0 amide bonds. The van der Waals surface area contributed by atoms with E-state index in [0.717, 1.165) is 38.5 Å². The van der Waals surface area contributed by atoms with Gasteiger partial charge < -0.3 is 24.4 Å². The second-order valence-electron chi connectivity index (χ2n) is 6.53. The minimum atomic E-state index is 0.309. The van der Waals surface area contributed by atoms with E-state index in [1.807, 2.05) is 18.2 Å². The number of quaternary nitrogens is 1. The van der Waals surface area contributed by atoms with Gasteiger partial charge >= 0.3 is 0 Å². The molecule has 0 radical (unpaired) electrons. The standard InChI is InChI=1S/C19H21ClN2O3/c20-17-11-14(12-18-19(17)25-10-9-24-18)13-21-5-7-22(8-6-21)15-1-3-16(23)4-2-15/h1-4,11-12,23H,5-10,13H2/p+1. The molecule has 0 spiro atoms. The number of halogens is 1. The Kier molecular flexibility index (Phi) is 4.59. The maximum atomic E-state index is 9.42. The molecule has 1 fully saturated rings. The van der Waals surface area contributed by atoms with Gasteiger partial charge in [-0.05, 0) is 36.4 Å². The van der Waals surface area contributed by atoms with Crippen LogP contribution in [0.3, 0.4) is 0 Å². The predicted octanol–water partition coefficient (Wildman–Crippen LogP) is 1.72. The van der Waals surface area contributed by atoms with Crippen LogP contribution in [-0.4, -0.2) is 44.5 Å². The SMILES string of the molecule is Oc1ccc(N2CC[NH+](Cc3cc(Cl)c4c(c3)OCCO4)CC2)cc1. The normalized spacial score (nSPS) is 17.6. The Balaban J connectivity index is 1.39. The van der Waals surface area contributed by atoms with E-state index in [9.17, 15) is 5.11 Å². The van der Waals surface area contributed by atoms with Crippen LogP contribution in [0.5, 0.6) is 17.2 Å². The lowest BCUT2D eigenvalue weighted by molar-refractivity contribution is -0.914. The fourth-order valence-electron chi connectivity index (χ4n) is 3.48. The molecule has 25 heavy (non-hydrogen) atoms. The van der Waals surface area contributed by atoms with Gasteiger partial charge in [-0.2, -0.15) is 0 Å². The molecule has 2 aromatic rings. The van der Waals surface area contributed by atoms with Gasteiger partial charge in [0.05, 0.1) is 31.2 Å². The van der Waals surface area contributed by atoms with Crippen LogP contribution < -0.4 is 19.3 Å². The molecule has 2 aliphatic rings. The Morgan fingerprint density at radius 2 is 1.76 bits per heavy atom. The second kappa shape index (κ2) is 7.02. The number of piperazine rings is 1. The summed E-state index contributed by atoms with van der Waals surface area (Å²) in [5.74, 6) is 1.74. The van der Waals surface area contributed by atoms with Crippen LogP contribution >= 0.6 is 11.6 Å². The molecule has 2 aliphatic heterocycles. The summed E-state index contributed by atoms with van der Waals surface area (Å²) in [6.45, 7) is 6.18. The third-order valence-electron chi connectivity index (χ3n) is 4.80. The third kappa shape index (κ3) is 3.62. The highest BCUT2D eigenvalue weighted by Crippen LogP contribution is 2.38. The first-order valence-electron chi connectivity index (χ1n) is 8.64. The van der Waals surface area contributed by atoms with Gasteiger partial charge in [0.2, 0.25) is 0 Å². The molecule has 2 heterocycles. The van der Waals surface area contributed by atoms with E-state index in [1.54, 1.807) is 12.1 Å². The van der Waals surface area contributed by atoms with Crippen LogP contribution in [0.2, 0.25) is 5.02 Å². The molecule has 1 saturated heterocycles. The van der Waals surface area contributed by atoms with Gasteiger partial charge in [-0.25, -0.2) is 0 Å². The number of anilines is 1. The summed E-state index contributed by atoms with van der Waals surface area (Å²) in [7, 11) is 0. The molecule has 0 aromatic heterocycles. The first-order chi connectivity index (χ1) is 12.2. The van der Waals surface area contributed by atoms with E-state index in [0.29, 0.717) is 29.7 Å². The van der Waals surface area contributed by atoms with Gasteiger partial charge in [0.25, 0.3) is 0 Å². The third-order valence-corrected chi connectivity index (χ3v) is 5.08. The van der Waals surface area contributed by atoms with Gasteiger partial charge in [0, 0.05) is 11.3 Å². The molecule has 6 heteroatoms. The summed E-state index contributed by atoms with van der Waals surface area (Å²) in [5.41, 5.74) is 2.35. The summed E-state index contributed by atoms with van der Waals surface area (Å²) >= 11 is 6.34. The number of phenols is 1. The Bertz CT molecular complexity index is 743. The second-order valence-corrected chi connectivity index (χ2v) is 6.94. The molecule has 0 bridgehead atoms. The van der Waals surface area contributed by atoms with E-state index < -0.39 is 0 Å². The fourth-order valence-corrected chi connectivity index (χ4v) is 3.76. The van der Waals surface area contributed by atoms with Crippen molar-refractivity contribution in [3.8, 4) is 17.2 Å². The highest BCUT2D eigenvalue weighted by atomic mass is 35.5. The maximum Gasteiger partial charge on any atom is 0.179 e. The molecule has 132 valence electrons. The molecule has 0 unspecified atom stereocenters. The zero-order chi connectivity index (χ0) is 17.2. The van der Waals surface area contributed by atoms with E-state index in [4.69, 9.17) is 21.1 Å². The molecule has 2 aromatic carbocycles. The lowest BCUT2D eigenvalue weighted by Gasteiger charge is -2.34. The van der Waals surface area contributed by atoms with Crippen molar-refractivity contribution in [1.82, 2.24) is 0 Å². The molecular formula is C19H22ClN2O3+. The summed E-state index contributed by atoms with van der Waals surface area (Å²) in [4.78, 5) is 3.89. The van der Waals surface area contributed by atoms with Crippen molar-refractivity contribution in [2.45, 2.75) is 6.54 Å². The number of phenolic OH excluding ortho intramolecular Hbond substituents is 1. The van der Waals surface area contributed by atoms with E-state index in [1.165, 1.54) is 16.2 Å². The molecular weight excluding hydrogens is 340 g/mol. The van der Waals surface area contributed by atoms with Crippen molar-refractivity contribution in [3.63, 3.8) is 0 Å². The molecule has 0 saturated carbocycles. The van der Waals surface area contributed by atoms with Crippen LogP contribution in [0.25, 0.3) is 0 Å². The van der Waals surface area contributed by atoms with E-state index in [-0.39, 0.29) is 0 Å². The van der Waals surface area contributed by atoms with E-state index >= 15 is 0 Å². The Morgan fingerprint density at radius 3 is 2.52 bits per heavy atom. The van der Waals surface area contributed by atoms with Crippen LogP contribution in [0.15, 0.2) is 36.4 Å². The van der Waals surface area contributed by atoms with Gasteiger partial charge in [0.15, 0.2) is 11.5 Å².